The van der Waals surface area contributed by atoms with E-state index in [1.54, 1.807) is 12.1 Å². The maximum atomic E-state index is 11.9. The van der Waals surface area contributed by atoms with Gasteiger partial charge in [0.05, 0.1) is 26.9 Å². The van der Waals surface area contributed by atoms with Gasteiger partial charge in [-0.3, -0.25) is 4.84 Å². The molecule has 0 amide bonds. The van der Waals surface area contributed by atoms with Crippen LogP contribution in [-0.2, 0) is 4.84 Å². The molecule has 20 heavy (non-hydrogen) atoms. The third kappa shape index (κ3) is 5.24. The number of aliphatic hydroxyl groups is 1. The predicted molar refractivity (Wildman–Crippen MR) is 64.5 cm³/mol. The van der Waals surface area contributed by atoms with Crippen LogP contribution in [0.4, 0.5) is 13.2 Å². The fourth-order valence-electron chi connectivity index (χ4n) is 1.48. The third-order valence-corrected chi connectivity index (χ3v) is 2.41. The number of methoxy groups -OCH3 is 2. The van der Waals surface area contributed by atoms with Gasteiger partial charge in [0.1, 0.15) is 11.5 Å². The lowest BCUT2D eigenvalue weighted by atomic mass is 10.1. The molecule has 2 N–H and O–H groups in total. The van der Waals surface area contributed by atoms with Crippen LogP contribution in [0.5, 0.6) is 11.5 Å². The Bertz CT molecular complexity index is 426. The Hall–Kier alpha value is -1.51. The van der Waals surface area contributed by atoms with Crippen LogP contribution in [-0.4, -0.2) is 38.7 Å². The zero-order valence-corrected chi connectivity index (χ0v) is 11.0. The van der Waals surface area contributed by atoms with Gasteiger partial charge in [-0.05, 0) is 18.2 Å². The van der Waals surface area contributed by atoms with Crippen LogP contribution in [0.2, 0.25) is 0 Å². The monoisotopic (exact) mass is 295 g/mol. The number of halogens is 3. The van der Waals surface area contributed by atoms with Crippen LogP contribution in [0.15, 0.2) is 18.2 Å². The van der Waals surface area contributed by atoms with E-state index in [4.69, 9.17) is 9.47 Å². The SMILES string of the molecule is COc1ccc(OC)c(C(O)CNOCC(F)(F)F)c1. The molecule has 0 spiro atoms. The summed E-state index contributed by atoms with van der Waals surface area (Å²) >= 11 is 0. The molecule has 1 atom stereocenters. The highest BCUT2D eigenvalue weighted by atomic mass is 19.4. The standard InChI is InChI=1S/C12H16F3NO4/c1-18-8-3-4-11(19-2)9(5-8)10(17)6-16-20-7-12(13,14)15/h3-5,10,16-17H,6-7H2,1-2H3. The molecule has 0 aliphatic heterocycles. The van der Waals surface area contributed by atoms with Gasteiger partial charge in [-0.2, -0.15) is 18.7 Å². The zero-order valence-electron chi connectivity index (χ0n) is 11.0. The van der Waals surface area contributed by atoms with E-state index in [0.29, 0.717) is 17.1 Å². The van der Waals surface area contributed by atoms with Crippen molar-refractivity contribution in [1.82, 2.24) is 5.48 Å². The summed E-state index contributed by atoms with van der Waals surface area (Å²) in [5.74, 6) is 0.895. The fourth-order valence-corrected chi connectivity index (χ4v) is 1.48. The number of rotatable bonds is 7. The molecule has 0 radical (unpaired) electrons. The molecule has 0 heterocycles. The van der Waals surface area contributed by atoms with Gasteiger partial charge in [0.25, 0.3) is 0 Å². The molecule has 1 rings (SSSR count). The summed E-state index contributed by atoms with van der Waals surface area (Å²) in [5.41, 5.74) is 2.45. The van der Waals surface area contributed by atoms with Crippen LogP contribution >= 0.6 is 0 Å². The molecule has 0 saturated heterocycles. The van der Waals surface area contributed by atoms with Crippen molar-refractivity contribution in [3.05, 3.63) is 23.8 Å². The second kappa shape index (κ2) is 7.32. The van der Waals surface area contributed by atoms with Crippen molar-refractivity contribution in [3.63, 3.8) is 0 Å². The average Bonchev–Trinajstić information content (AvgIpc) is 2.41. The second-order valence-electron chi connectivity index (χ2n) is 3.88. The number of alkyl halides is 3. The lowest BCUT2D eigenvalue weighted by Crippen LogP contribution is -2.28. The Kier molecular flexibility index (Phi) is 6.05. The lowest BCUT2D eigenvalue weighted by Gasteiger charge is -2.16. The van der Waals surface area contributed by atoms with E-state index in [1.807, 2.05) is 0 Å². The van der Waals surface area contributed by atoms with E-state index >= 15 is 0 Å². The molecule has 0 fully saturated rings. The zero-order chi connectivity index (χ0) is 15.2. The summed E-state index contributed by atoms with van der Waals surface area (Å²) in [6.45, 7) is -1.66. The molecular formula is C12H16F3NO4. The molecule has 8 heteroatoms. The first-order chi connectivity index (χ1) is 9.37. The van der Waals surface area contributed by atoms with Crippen LogP contribution in [0.1, 0.15) is 11.7 Å². The van der Waals surface area contributed by atoms with E-state index < -0.39 is 18.9 Å². The first kappa shape index (κ1) is 16.5. The number of ether oxygens (including phenoxy) is 2. The van der Waals surface area contributed by atoms with Crippen molar-refractivity contribution in [3.8, 4) is 11.5 Å². The number of aliphatic hydroxyl groups excluding tert-OH is 1. The Morgan fingerprint density at radius 1 is 1.25 bits per heavy atom. The molecule has 0 aliphatic carbocycles. The second-order valence-corrected chi connectivity index (χ2v) is 3.88. The van der Waals surface area contributed by atoms with Gasteiger partial charge in [0, 0.05) is 5.56 Å². The van der Waals surface area contributed by atoms with Crippen LogP contribution in [0.25, 0.3) is 0 Å². The Balaban J connectivity index is 2.60. The quantitative estimate of drug-likeness (QED) is 0.593. The summed E-state index contributed by atoms with van der Waals surface area (Å²) in [6.07, 6.45) is -5.53. The van der Waals surface area contributed by atoms with E-state index in [-0.39, 0.29) is 6.54 Å². The maximum Gasteiger partial charge on any atom is 0.413 e. The molecule has 5 nitrogen and oxygen atoms in total. The van der Waals surface area contributed by atoms with Crippen molar-refractivity contribution < 1.29 is 32.6 Å². The number of hydrogen-bond donors (Lipinski definition) is 2. The highest BCUT2D eigenvalue weighted by Gasteiger charge is 2.28. The highest BCUT2D eigenvalue weighted by Crippen LogP contribution is 2.29. The van der Waals surface area contributed by atoms with Crippen LogP contribution < -0.4 is 15.0 Å². The molecule has 114 valence electrons. The normalized spacial score (nSPS) is 13.1. The van der Waals surface area contributed by atoms with Crippen molar-refractivity contribution in [2.24, 2.45) is 0 Å². The summed E-state index contributed by atoms with van der Waals surface area (Å²) in [4.78, 5) is 4.21. The van der Waals surface area contributed by atoms with Crippen molar-refractivity contribution in [1.29, 1.82) is 0 Å². The minimum absolute atomic E-state index is 0.223. The summed E-state index contributed by atoms with van der Waals surface area (Å²) in [5, 5.41) is 9.92. The maximum absolute atomic E-state index is 11.9. The molecule has 1 unspecified atom stereocenters. The highest BCUT2D eigenvalue weighted by molar-refractivity contribution is 5.41. The molecule has 0 saturated carbocycles. The van der Waals surface area contributed by atoms with Crippen molar-refractivity contribution in [2.75, 3.05) is 27.4 Å². The minimum atomic E-state index is -4.42. The average molecular weight is 295 g/mol. The first-order valence-electron chi connectivity index (χ1n) is 5.68. The van der Waals surface area contributed by atoms with Gasteiger partial charge in [-0.25, -0.2) is 0 Å². The summed E-state index contributed by atoms with van der Waals surface area (Å²) in [7, 11) is 2.88. The van der Waals surface area contributed by atoms with Gasteiger partial charge in [0.15, 0.2) is 6.61 Å². The Morgan fingerprint density at radius 3 is 2.50 bits per heavy atom. The topological polar surface area (TPSA) is 60.0 Å². The number of hydrogen-bond acceptors (Lipinski definition) is 5. The van der Waals surface area contributed by atoms with Crippen molar-refractivity contribution in [2.45, 2.75) is 12.3 Å². The van der Waals surface area contributed by atoms with Gasteiger partial charge < -0.3 is 14.6 Å². The predicted octanol–water partition coefficient (Wildman–Crippen LogP) is 1.82. The van der Waals surface area contributed by atoms with Gasteiger partial charge in [0.2, 0.25) is 0 Å². The molecule has 1 aromatic rings. The largest absolute Gasteiger partial charge is 0.497 e. The number of hydroxylamine groups is 1. The number of benzene rings is 1. The van der Waals surface area contributed by atoms with Crippen LogP contribution in [0.3, 0.4) is 0 Å². The Labute approximate surface area is 114 Å². The lowest BCUT2D eigenvalue weighted by molar-refractivity contribution is -0.191. The van der Waals surface area contributed by atoms with E-state index in [9.17, 15) is 18.3 Å². The Morgan fingerprint density at radius 2 is 1.95 bits per heavy atom. The molecular weight excluding hydrogens is 279 g/mol. The molecule has 0 aliphatic rings. The van der Waals surface area contributed by atoms with Gasteiger partial charge in [-0.1, -0.05) is 0 Å². The molecule has 1 aromatic carbocycles. The van der Waals surface area contributed by atoms with E-state index in [2.05, 4.69) is 10.3 Å². The molecule has 0 bridgehead atoms. The molecule has 0 aromatic heterocycles. The van der Waals surface area contributed by atoms with Crippen molar-refractivity contribution >= 4 is 0 Å². The van der Waals surface area contributed by atoms with Gasteiger partial charge in [-0.15, -0.1) is 0 Å². The summed E-state index contributed by atoms with van der Waals surface area (Å²) < 4.78 is 45.6. The minimum Gasteiger partial charge on any atom is -0.497 e. The fraction of sp³-hybridized carbons (Fsp3) is 0.500. The number of nitrogens with one attached hydrogen (secondary N) is 1. The third-order valence-electron chi connectivity index (χ3n) is 2.41. The van der Waals surface area contributed by atoms with Gasteiger partial charge >= 0.3 is 6.18 Å². The van der Waals surface area contributed by atoms with Crippen LogP contribution in [0, 0.1) is 0 Å². The smallest absolute Gasteiger partial charge is 0.413 e. The first-order valence-corrected chi connectivity index (χ1v) is 5.68. The van der Waals surface area contributed by atoms with E-state index in [0.717, 1.165) is 0 Å². The summed E-state index contributed by atoms with van der Waals surface area (Å²) in [6, 6.07) is 4.77. The van der Waals surface area contributed by atoms with E-state index in [1.165, 1.54) is 20.3 Å².